The van der Waals surface area contributed by atoms with Gasteiger partial charge in [-0.1, -0.05) is 60.2 Å². The van der Waals surface area contributed by atoms with Crippen LogP contribution in [0.1, 0.15) is 189 Å². The second-order valence-corrected chi connectivity index (χ2v) is 44.2. The third-order valence-electron chi connectivity index (χ3n) is 29.0. The summed E-state index contributed by atoms with van der Waals surface area (Å²) < 4.78 is 82.9. The number of halogens is 1. The van der Waals surface area contributed by atoms with Gasteiger partial charge in [-0.15, -0.1) is 0 Å². The number of imidazole rings is 3. The number of nitrogens with one attached hydrogen (secondary N) is 6. The highest BCUT2D eigenvalue weighted by Gasteiger charge is 2.39. The zero-order valence-corrected chi connectivity index (χ0v) is 81.3. The Bertz CT molecular complexity index is 6430. The van der Waals surface area contributed by atoms with Crippen LogP contribution in [0.15, 0.2) is 123 Å². The predicted molar refractivity (Wildman–Crippen MR) is 530 cm³/mol. The van der Waals surface area contributed by atoms with E-state index in [1.165, 1.54) is 46.5 Å². The van der Waals surface area contributed by atoms with E-state index in [0.29, 0.717) is 109 Å². The normalized spacial score (nSPS) is 22.1. The highest BCUT2D eigenvalue weighted by Crippen LogP contribution is 2.42. The number of fused-ring (bicyclic) bond motifs is 7. The van der Waals surface area contributed by atoms with E-state index in [9.17, 15) is 26.0 Å². The highest BCUT2D eigenvalue weighted by molar-refractivity contribution is 7.86. The van der Waals surface area contributed by atoms with Gasteiger partial charge in [0.25, 0.3) is 0 Å². The van der Waals surface area contributed by atoms with Crippen LogP contribution in [-0.4, -0.2) is 253 Å². The van der Waals surface area contributed by atoms with E-state index < -0.39 is 43.2 Å². The second kappa shape index (κ2) is 41.6. The van der Waals surface area contributed by atoms with E-state index in [0.717, 1.165) is 324 Å². The number of aromatic amines is 2. The van der Waals surface area contributed by atoms with Gasteiger partial charge in [-0.05, 0) is 169 Å². The predicted octanol–water partition coefficient (Wildman–Crippen LogP) is 12.7. The molecule has 0 radical (unpaired) electrons. The van der Waals surface area contributed by atoms with E-state index in [1.807, 2.05) is 11.0 Å². The Morgan fingerprint density at radius 3 is 1.31 bits per heavy atom. The number of nitrogens with zero attached hydrogens (tertiary/aromatic N) is 19. The fourth-order valence-corrected chi connectivity index (χ4v) is 26.4. The van der Waals surface area contributed by atoms with Gasteiger partial charge < -0.3 is 74.5 Å². The molecule has 12 aliphatic rings. The van der Waals surface area contributed by atoms with Gasteiger partial charge in [0.1, 0.15) is 78.0 Å². The fourth-order valence-electron chi connectivity index (χ4n) is 21.1. The van der Waals surface area contributed by atoms with Gasteiger partial charge in [0.2, 0.25) is 29.7 Å². The molecule has 137 heavy (non-hydrogen) atoms. The molecule has 12 aromatic rings. The Labute approximate surface area is 806 Å². The van der Waals surface area contributed by atoms with E-state index in [4.69, 9.17) is 64.1 Å². The van der Waals surface area contributed by atoms with Crippen LogP contribution in [0.3, 0.4) is 0 Å². The number of likely N-dealkylation sites (tertiary alicyclic amines) is 1. The molecule has 5 atom stereocenters. The maximum atomic E-state index is 13.3. The minimum Gasteiger partial charge on any atom is -0.381 e. The zero-order valence-electron chi connectivity index (χ0n) is 78.0. The lowest BCUT2D eigenvalue weighted by molar-refractivity contribution is -0.134. The Kier molecular flexibility index (Phi) is 28.0. The van der Waals surface area contributed by atoms with Crippen LogP contribution in [0, 0.1) is 19.7 Å². The first-order chi connectivity index (χ1) is 67.0. The minimum absolute atomic E-state index is 0.0140. The Balaban J connectivity index is 0.000000109. The molecule has 33 nitrogen and oxygen atoms in total. The quantitative estimate of drug-likeness (QED) is 0.0465. The largest absolute Gasteiger partial charge is 0.381 e. The third-order valence-corrected chi connectivity index (χ3v) is 34.8. The van der Waals surface area contributed by atoms with Crippen molar-refractivity contribution in [3.05, 3.63) is 172 Å². The number of amides is 1. The number of para-hydroxylation sites is 2. The van der Waals surface area contributed by atoms with E-state index in [2.05, 4.69) is 152 Å². The molecule has 38 heteroatoms. The number of ether oxygens (including phenoxy) is 3. The first kappa shape index (κ1) is 92.3. The molecule has 0 saturated carbocycles. The van der Waals surface area contributed by atoms with Crippen LogP contribution in [0.25, 0.3) is 33.2 Å². The van der Waals surface area contributed by atoms with Crippen LogP contribution in [-0.2, 0) is 101 Å². The Hall–Kier alpha value is -11.0. The molecule has 8 saturated heterocycles. The number of rotatable bonds is 18. The Morgan fingerprint density at radius 1 is 0.423 bits per heavy atom. The summed E-state index contributed by atoms with van der Waals surface area (Å²) in [5, 5.41) is 14.3. The minimum atomic E-state index is -1.13. The molecule has 0 spiro atoms. The molecule has 8 fully saturated rings. The molecule has 0 bridgehead atoms. The molecule has 0 aliphatic carbocycles. The molecule has 12 aliphatic heterocycles. The van der Waals surface area contributed by atoms with Crippen molar-refractivity contribution in [1.82, 2.24) is 84.2 Å². The summed E-state index contributed by atoms with van der Waals surface area (Å²) >= 11 is 0. The monoisotopic (exact) mass is 1930 g/mol. The lowest BCUT2D eigenvalue weighted by Crippen LogP contribution is -2.45. The van der Waals surface area contributed by atoms with Gasteiger partial charge in [0.15, 0.2) is 5.65 Å². The van der Waals surface area contributed by atoms with Crippen molar-refractivity contribution in [3.8, 4) is 0 Å². The van der Waals surface area contributed by atoms with Gasteiger partial charge in [-0.25, -0.2) is 49.2 Å². The lowest BCUT2D eigenvalue weighted by atomic mass is 9.89. The molecule has 6 N–H and O–H groups in total. The highest BCUT2D eigenvalue weighted by atomic mass is 32.2. The maximum absolute atomic E-state index is 13.3. The number of H-pyrrole nitrogens is 2. The number of benzene rings is 4. The average molecular weight is 1940 g/mol. The van der Waals surface area contributed by atoms with Gasteiger partial charge in [-0.3, -0.25) is 21.6 Å². The second-order valence-electron chi connectivity index (χ2n) is 38.2. The fraction of sp³-hybridized carbons (Fsp3) is 0.515. The van der Waals surface area contributed by atoms with Crippen LogP contribution in [0.5, 0.6) is 0 Å². The maximum Gasteiger partial charge on any atom is 0.227 e. The van der Waals surface area contributed by atoms with Gasteiger partial charge in [-0.2, -0.15) is 19.9 Å². The summed E-state index contributed by atoms with van der Waals surface area (Å²) in [4.78, 5) is 95.4. The number of piperidine rings is 5. The number of anilines is 8. The Morgan fingerprint density at radius 2 is 0.847 bits per heavy atom. The lowest BCUT2D eigenvalue weighted by Gasteiger charge is -2.34. The molecule has 20 heterocycles. The molecular weight excluding hydrogens is 1810 g/mol. The van der Waals surface area contributed by atoms with E-state index in [-0.39, 0.29) is 17.8 Å². The number of aryl methyl sites for hydroxylation is 7. The van der Waals surface area contributed by atoms with Crippen LogP contribution >= 0.6 is 0 Å². The molecule has 4 aromatic carbocycles. The SMILES string of the molecule is Cc1ccc(C2CCN(c3nc4c(c(N[C@H]5CCC(=O)N(Cc6ccc(F)cc6)C5)n3)S(=O)CC4)CC2)cc1.Cc1ccc2nc(C3CCN(c4nc5c(c(NC6CCOCC6)n4)S(=O)CC5)CC3)[nH]c2c1.Cn1c(C2CCN(c3nc4c(c(NC5CCOCC5)n3)S(=O)CC4)CC2)nc2ccccc21.O=S1CCc2nc(N3CCC(c4nc5ncncc5[nH]4)CC3)nc(NC3CCOCC3)c21. The first-order valence-corrected chi connectivity index (χ1v) is 54.3. The van der Waals surface area contributed by atoms with Gasteiger partial charge in [0.05, 0.1) is 94.2 Å². The zero-order chi connectivity index (χ0) is 93.2. The topological polar surface area (TPSA) is 381 Å². The molecule has 24 rings (SSSR count). The van der Waals surface area contributed by atoms with Crippen LogP contribution in [0.2, 0.25) is 0 Å². The van der Waals surface area contributed by atoms with Crippen molar-refractivity contribution in [2.45, 2.75) is 216 Å². The number of carbonyl (C=O) groups excluding carboxylic acids is 1. The van der Waals surface area contributed by atoms with Crippen molar-refractivity contribution < 1.29 is 40.2 Å². The summed E-state index contributed by atoms with van der Waals surface area (Å²) in [6.45, 7) is 16.7. The first-order valence-electron chi connectivity index (χ1n) is 49.1. The standard InChI is InChI=1S/C30H34FN5O2S.2C24H30N6O2S.C21H26N8O2S/c1-20-2-6-22(7-3-20)23-12-15-35(16-13-23)30-33-26-14-17-39(38)28(26)29(34-30)32-25-10-11-27(37)36(19-25)18-21-4-8-24(31)9-5-21;1-15-2-3-18-20(14-15)27-22(26-18)16-4-9-30(10-5-16)24-28-19-8-13-33(31)21(19)23(29-24)25-17-6-11-32-12-7-17;1-29-20-5-3-2-4-18(20)26-23(29)16-6-11-30(12-7-16)24-27-19-10-15-33(31)21(19)22(28-24)25-17-8-13-32-14-9-17;30-32-10-5-15-17(32)20(24-14-3-8-31-9-4-14)28-21(26-15)29-6-1-13(2-7-29)18-25-16-11-22-12-23-19(16)27-18/h2-9,23,25H,10-19H2,1H3,(H,32,33,34);2-3,14,16-17H,4-13H2,1H3,(H,26,27)(H,25,28,29);2-5,16-17H,6-15H2,1H3,(H,25,27,28);11-14H,1-10H2,(H,24,26,28)(H,22,23,25,27)/t25-,39?;;;/m0.../s1. The third kappa shape index (κ3) is 20.9. The van der Waals surface area contributed by atoms with E-state index in [1.54, 1.807) is 18.3 Å². The summed E-state index contributed by atoms with van der Waals surface area (Å²) in [6, 6.07) is 30.7. The number of carbonyl (C=O) groups is 1. The number of hydrogen-bond donors (Lipinski definition) is 6. The molecule has 1 amide bonds. The van der Waals surface area contributed by atoms with Crippen LogP contribution in [0.4, 0.5) is 51.5 Å². The summed E-state index contributed by atoms with van der Waals surface area (Å²) in [5.74, 6) is 13.2. The van der Waals surface area contributed by atoms with E-state index >= 15 is 0 Å². The molecular formula is C99H120FN25O8S4. The van der Waals surface area contributed by atoms with Crippen LogP contribution < -0.4 is 40.9 Å². The van der Waals surface area contributed by atoms with Crippen molar-refractivity contribution in [3.63, 3.8) is 0 Å². The van der Waals surface area contributed by atoms with Crippen molar-refractivity contribution >= 4 is 129 Å². The molecule has 720 valence electrons. The number of hydrogen-bond acceptors (Lipinski definition) is 29. The summed E-state index contributed by atoms with van der Waals surface area (Å²) in [7, 11) is -2.07. The summed E-state index contributed by atoms with van der Waals surface area (Å²) in [6.07, 6.45) is 21.1. The van der Waals surface area contributed by atoms with Crippen molar-refractivity contribution in [2.24, 2.45) is 7.05 Å². The van der Waals surface area contributed by atoms with Crippen molar-refractivity contribution in [1.29, 1.82) is 0 Å². The van der Waals surface area contributed by atoms with Gasteiger partial charge in [0, 0.05) is 209 Å². The summed E-state index contributed by atoms with van der Waals surface area (Å²) in [5.41, 5.74) is 14.5. The van der Waals surface area contributed by atoms with Crippen molar-refractivity contribution in [2.75, 3.05) is 162 Å². The van der Waals surface area contributed by atoms with Gasteiger partial charge >= 0.3 is 0 Å². The average Bonchev–Trinajstić information content (AvgIpc) is 1.53. The molecule has 8 aromatic heterocycles. The number of aromatic nitrogens is 16. The molecule has 4 unspecified atom stereocenters. The smallest absolute Gasteiger partial charge is 0.227 e.